The molecule has 0 aliphatic carbocycles. The molecular weight excluding hydrogens is 440 g/mol. The van der Waals surface area contributed by atoms with Crippen LogP contribution in [0.15, 0.2) is 30.5 Å². The minimum atomic E-state index is -0.475. The molecule has 1 unspecified atom stereocenters. The molecule has 2 N–H and O–H groups in total. The van der Waals surface area contributed by atoms with Crippen LogP contribution < -0.4 is 10.6 Å². The SMILES string of the molecule is CCOC(=O)N1CCN(C(=O)C(C)n2cc(NC(=S)Nc3ccc(CC)cc3)c(C)n2)CC1. The number of anilines is 2. The molecule has 0 spiro atoms. The van der Waals surface area contributed by atoms with Gasteiger partial charge in [0, 0.05) is 38.1 Å². The highest BCUT2D eigenvalue weighted by Gasteiger charge is 2.28. The number of amides is 2. The lowest BCUT2D eigenvalue weighted by atomic mass is 10.1. The van der Waals surface area contributed by atoms with Crippen LogP contribution >= 0.6 is 12.2 Å². The predicted molar refractivity (Wildman–Crippen MR) is 133 cm³/mol. The monoisotopic (exact) mass is 472 g/mol. The number of aryl methyl sites for hydroxylation is 2. The van der Waals surface area contributed by atoms with Gasteiger partial charge in [-0.1, -0.05) is 19.1 Å². The van der Waals surface area contributed by atoms with E-state index in [1.165, 1.54) is 5.56 Å². The summed E-state index contributed by atoms with van der Waals surface area (Å²) < 4.78 is 6.69. The standard InChI is InChI=1S/C23H32N6O3S/c1-5-18-7-9-19(10-8-18)24-22(33)25-20-15-29(26-16(20)3)17(4)21(30)27-11-13-28(14-12-27)23(31)32-6-2/h7-10,15,17H,5-6,11-14H2,1-4H3,(H2,24,25,33). The van der Waals surface area contributed by atoms with E-state index in [4.69, 9.17) is 17.0 Å². The van der Waals surface area contributed by atoms with Crippen molar-refractivity contribution in [3.05, 3.63) is 41.7 Å². The molecule has 3 rings (SSSR count). The van der Waals surface area contributed by atoms with Crippen LogP contribution in [0.5, 0.6) is 0 Å². The number of hydrogen-bond donors (Lipinski definition) is 2. The first kappa shape index (κ1) is 24.5. The number of rotatable bonds is 6. The lowest BCUT2D eigenvalue weighted by Crippen LogP contribution is -2.52. The second-order valence-corrected chi connectivity index (χ2v) is 8.33. The minimum absolute atomic E-state index is 0.0377. The molecule has 33 heavy (non-hydrogen) atoms. The summed E-state index contributed by atoms with van der Waals surface area (Å²) in [6.07, 6.45) is 2.45. The number of hydrogen-bond acceptors (Lipinski definition) is 5. The number of benzene rings is 1. The summed E-state index contributed by atoms with van der Waals surface area (Å²) in [7, 11) is 0. The van der Waals surface area contributed by atoms with Gasteiger partial charge in [-0.15, -0.1) is 0 Å². The van der Waals surface area contributed by atoms with Crippen molar-refractivity contribution in [3.8, 4) is 0 Å². The third-order valence-corrected chi connectivity index (χ3v) is 5.86. The Morgan fingerprint density at radius 1 is 1.09 bits per heavy atom. The van der Waals surface area contributed by atoms with Crippen LogP contribution in [0.25, 0.3) is 0 Å². The summed E-state index contributed by atoms with van der Waals surface area (Å²) in [6.45, 7) is 9.79. The van der Waals surface area contributed by atoms with Gasteiger partial charge in [0.15, 0.2) is 5.11 Å². The maximum Gasteiger partial charge on any atom is 0.409 e. The Hall–Kier alpha value is -3.14. The maximum absolute atomic E-state index is 13.0. The summed E-state index contributed by atoms with van der Waals surface area (Å²) in [5.41, 5.74) is 3.65. The molecule has 0 bridgehead atoms. The van der Waals surface area contributed by atoms with Crippen molar-refractivity contribution in [2.75, 3.05) is 43.4 Å². The number of nitrogens with zero attached hydrogens (tertiary/aromatic N) is 4. The van der Waals surface area contributed by atoms with E-state index in [0.29, 0.717) is 37.9 Å². The van der Waals surface area contributed by atoms with E-state index in [1.54, 1.807) is 27.6 Å². The molecule has 0 radical (unpaired) electrons. The van der Waals surface area contributed by atoms with Gasteiger partial charge in [0.25, 0.3) is 0 Å². The fraction of sp³-hybridized carbons (Fsp3) is 0.478. The maximum atomic E-state index is 13.0. The molecule has 0 saturated carbocycles. The van der Waals surface area contributed by atoms with Crippen LogP contribution in [-0.2, 0) is 16.0 Å². The third-order valence-electron chi connectivity index (χ3n) is 5.66. The topological polar surface area (TPSA) is 91.7 Å². The van der Waals surface area contributed by atoms with E-state index in [0.717, 1.165) is 23.5 Å². The van der Waals surface area contributed by atoms with Crippen molar-refractivity contribution in [3.63, 3.8) is 0 Å². The molecule has 1 fully saturated rings. The Labute approximate surface area is 200 Å². The van der Waals surface area contributed by atoms with Crippen molar-refractivity contribution in [1.82, 2.24) is 19.6 Å². The van der Waals surface area contributed by atoms with Gasteiger partial charge in [-0.25, -0.2) is 4.79 Å². The number of ether oxygens (including phenoxy) is 1. The molecule has 1 atom stereocenters. The Bertz CT molecular complexity index is 983. The molecule has 2 amide bonds. The zero-order valence-electron chi connectivity index (χ0n) is 19.6. The van der Waals surface area contributed by atoms with Crippen LogP contribution in [0.1, 0.15) is 38.1 Å². The molecule has 1 aliphatic rings. The lowest BCUT2D eigenvalue weighted by Gasteiger charge is -2.35. The Morgan fingerprint density at radius 3 is 2.33 bits per heavy atom. The normalized spacial score (nSPS) is 14.5. The number of carbonyl (C=O) groups is 2. The third kappa shape index (κ3) is 6.22. The molecule has 178 valence electrons. The van der Waals surface area contributed by atoms with Crippen molar-refractivity contribution in [2.45, 2.75) is 40.2 Å². The van der Waals surface area contributed by atoms with E-state index in [2.05, 4.69) is 34.8 Å². The van der Waals surface area contributed by atoms with Crippen LogP contribution in [-0.4, -0.2) is 69.5 Å². The van der Waals surface area contributed by atoms with Crippen LogP contribution in [0, 0.1) is 6.92 Å². The molecule has 2 heterocycles. The summed E-state index contributed by atoms with van der Waals surface area (Å²) in [4.78, 5) is 28.3. The molecular formula is C23H32N6O3S. The summed E-state index contributed by atoms with van der Waals surface area (Å²) >= 11 is 5.44. The van der Waals surface area contributed by atoms with Gasteiger partial charge in [-0.3, -0.25) is 9.48 Å². The predicted octanol–water partition coefficient (Wildman–Crippen LogP) is 3.42. The minimum Gasteiger partial charge on any atom is -0.450 e. The summed E-state index contributed by atoms with van der Waals surface area (Å²) in [5.74, 6) is -0.0377. The molecule has 1 saturated heterocycles. The van der Waals surface area contributed by atoms with Gasteiger partial charge in [-0.05, 0) is 57.1 Å². The molecule has 1 aromatic heterocycles. The molecule has 2 aromatic rings. The van der Waals surface area contributed by atoms with E-state index < -0.39 is 6.04 Å². The quantitative estimate of drug-likeness (QED) is 0.623. The highest BCUT2D eigenvalue weighted by Crippen LogP contribution is 2.19. The number of thiocarbonyl (C=S) groups is 1. The fourth-order valence-electron chi connectivity index (χ4n) is 3.61. The number of piperazine rings is 1. The first-order chi connectivity index (χ1) is 15.8. The second kappa shape index (κ2) is 11.1. The van der Waals surface area contributed by atoms with Gasteiger partial charge in [0.1, 0.15) is 6.04 Å². The average molecular weight is 473 g/mol. The van der Waals surface area contributed by atoms with Crippen molar-refractivity contribution < 1.29 is 14.3 Å². The van der Waals surface area contributed by atoms with Crippen LogP contribution in [0.2, 0.25) is 0 Å². The van der Waals surface area contributed by atoms with E-state index in [1.807, 2.05) is 26.0 Å². The lowest BCUT2D eigenvalue weighted by molar-refractivity contribution is -0.136. The summed E-state index contributed by atoms with van der Waals surface area (Å²) in [5, 5.41) is 11.3. The van der Waals surface area contributed by atoms with E-state index in [-0.39, 0.29) is 12.0 Å². The highest BCUT2D eigenvalue weighted by molar-refractivity contribution is 7.80. The van der Waals surface area contributed by atoms with Gasteiger partial charge in [0.2, 0.25) is 5.91 Å². The number of aromatic nitrogens is 2. The van der Waals surface area contributed by atoms with Crippen molar-refractivity contribution in [1.29, 1.82) is 0 Å². The Balaban J connectivity index is 1.56. The zero-order valence-corrected chi connectivity index (χ0v) is 20.4. The molecule has 1 aromatic carbocycles. The smallest absolute Gasteiger partial charge is 0.409 e. The molecule has 1 aliphatic heterocycles. The van der Waals surface area contributed by atoms with E-state index >= 15 is 0 Å². The first-order valence-corrected chi connectivity index (χ1v) is 11.7. The van der Waals surface area contributed by atoms with Gasteiger partial charge in [-0.2, -0.15) is 5.10 Å². The van der Waals surface area contributed by atoms with Crippen LogP contribution in [0.4, 0.5) is 16.2 Å². The average Bonchev–Trinajstić information content (AvgIpc) is 3.18. The van der Waals surface area contributed by atoms with Crippen LogP contribution in [0.3, 0.4) is 0 Å². The van der Waals surface area contributed by atoms with Crippen molar-refractivity contribution in [2.24, 2.45) is 0 Å². The van der Waals surface area contributed by atoms with Gasteiger partial charge < -0.3 is 25.2 Å². The second-order valence-electron chi connectivity index (χ2n) is 7.93. The molecule has 10 heteroatoms. The zero-order chi connectivity index (χ0) is 24.0. The van der Waals surface area contributed by atoms with Gasteiger partial charge >= 0.3 is 6.09 Å². The van der Waals surface area contributed by atoms with E-state index in [9.17, 15) is 9.59 Å². The fourth-order valence-corrected chi connectivity index (χ4v) is 3.84. The van der Waals surface area contributed by atoms with Gasteiger partial charge in [0.05, 0.1) is 18.0 Å². The Morgan fingerprint density at radius 2 is 1.73 bits per heavy atom. The number of carbonyl (C=O) groups excluding carboxylic acids is 2. The largest absolute Gasteiger partial charge is 0.450 e. The molecule has 9 nitrogen and oxygen atoms in total. The number of nitrogens with one attached hydrogen (secondary N) is 2. The van der Waals surface area contributed by atoms with Crippen molar-refractivity contribution >= 4 is 40.7 Å². The first-order valence-electron chi connectivity index (χ1n) is 11.3. The Kier molecular flexibility index (Phi) is 8.26. The summed E-state index contributed by atoms with van der Waals surface area (Å²) in [6, 6.07) is 7.63. The highest BCUT2D eigenvalue weighted by atomic mass is 32.1.